The van der Waals surface area contributed by atoms with E-state index in [0.29, 0.717) is 29.9 Å². The molecule has 152 valence electrons. The number of rotatable bonds is 3. The Bertz CT molecular complexity index is 1140. The van der Waals surface area contributed by atoms with Crippen LogP contribution in [0.5, 0.6) is 0 Å². The minimum absolute atomic E-state index is 0.0681. The third kappa shape index (κ3) is 2.97. The summed E-state index contributed by atoms with van der Waals surface area (Å²) in [5.74, 6) is -1.34. The summed E-state index contributed by atoms with van der Waals surface area (Å²) in [5, 5.41) is 2.67. The SMILES string of the molecule is [C-]#[N+]c1ccc(N2C(=O)C3(CCC3)N(c3ccc(C(=O)NC)c(F)c3)C2=S)c(I)c1. The standard InChI is InChI=1S/C21H16FIN4O2S/c1-24-12-4-7-17(16(23)10-12)26-19(29)21(8-3-9-21)27(20(26)30)13-5-6-14(15(22)11-13)18(28)25-2/h4-7,10-11H,3,8-9H2,2H3,(H,25,28). The summed E-state index contributed by atoms with van der Waals surface area (Å²) in [6.07, 6.45) is 2.08. The number of anilines is 2. The maximum absolute atomic E-state index is 14.6. The van der Waals surface area contributed by atoms with Crippen molar-refractivity contribution in [3.05, 3.63) is 62.8 Å². The second-order valence-corrected chi connectivity index (χ2v) is 8.66. The summed E-state index contributed by atoms with van der Waals surface area (Å²) in [6.45, 7) is 7.17. The van der Waals surface area contributed by atoms with Gasteiger partial charge in [0.25, 0.3) is 11.8 Å². The first-order valence-electron chi connectivity index (χ1n) is 9.21. The van der Waals surface area contributed by atoms with Gasteiger partial charge in [0.05, 0.1) is 17.8 Å². The van der Waals surface area contributed by atoms with Crippen LogP contribution in [0.25, 0.3) is 4.85 Å². The van der Waals surface area contributed by atoms with Gasteiger partial charge in [-0.05, 0) is 84.4 Å². The van der Waals surface area contributed by atoms with Crippen LogP contribution in [0.15, 0.2) is 36.4 Å². The number of hydrogen-bond acceptors (Lipinski definition) is 3. The Kier molecular flexibility index (Phi) is 5.23. The van der Waals surface area contributed by atoms with Crippen molar-refractivity contribution < 1.29 is 14.0 Å². The van der Waals surface area contributed by atoms with Crippen LogP contribution < -0.4 is 15.1 Å². The lowest BCUT2D eigenvalue weighted by atomic mass is 9.75. The molecule has 0 radical (unpaired) electrons. The van der Waals surface area contributed by atoms with Crippen LogP contribution in [-0.2, 0) is 4.79 Å². The Morgan fingerprint density at radius 2 is 2.03 bits per heavy atom. The van der Waals surface area contributed by atoms with Gasteiger partial charge >= 0.3 is 0 Å². The van der Waals surface area contributed by atoms with Crippen molar-refractivity contribution in [2.75, 3.05) is 16.8 Å². The van der Waals surface area contributed by atoms with Crippen molar-refractivity contribution in [3.63, 3.8) is 0 Å². The summed E-state index contributed by atoms with van der Waals surface area (Å²) in [6, 6.07) is 9.33. The van der Waals surface area contributed by atoms with Gasteiger partial charge in [-0.3, -0.25) is 14.5 Å². The summed E-state index contributed by atoms with van der Waals surface area (Å²) in [7, 11) is 1.44. The summed E-state index contributed by atoms with van der Waals surface area (Å²) < 4.78 is 15.4. The molecule has 1 N–H and O–H groups in total. The fraction of sp³-hybridized carbons (Fsp3) is 0.238. The fourth-order valence-corrected chi connectivity index (χ4v) is 5.10. The van der Waals surface area contributed by atoms with Gasteiger partial charge in [0.2, 0.25) is 0 Å². The number of nitrogens with one attached hydrogen (secondary N) is 1. The Hall–Kier alpha value is -2.58. The van der Waals surface area contributed by atoms with Crippen LogP contribution in [0.3, 0.4) is 0 Å². The van der Waals surface area contributed by atoms with E-state index in [1.54, 1.807) is 29.2 Å². The molecule has 0 aromatic heterocycles. The van der Waals surface area contributed by atoms with Crippen molar-refractivity contribution >= 4 is 68.8 Å². The number of benzene rings is 2. The van der Waals surface area contributed by atoms with E-state index in [0.717, 1.165) is 9.99 Å². The summed E-state index contributed by atoms with van der Waals surface area (Å²) >= 11 is 7.77. The molecule has 30 heavy (non-hydrogen) atoms. The van der Waals surface area contributed by atoms with Gasteiger partial charge in [-0.25, -0.2) is 9.24 Å². The lowest BCUT2D eigenvalue weighted by molar-refractivity contribution is -0.123. The number of thiocarbonyl (C=S) groups is 1. The molecule has 4 rings (SSSR count). The molecular formula is C21H16FIN4O2S. The number of hydrogen-bond donors (Lipinski definition) is 1. The summed E-state index contributed by atoms with van der Waals surface area (Å²) in [5.41, 5.74) is 0.603. The number of carbonyl (C=O) groups is 2. The van der Waals surface area contributed by atoms with E-state index in [1.165, 1.54) is 24.1 Å². The van der Waals surface area contributed by atoms with Crippen molar-refractivity contribution in [1.82, 2.24) is 5.32 Å². The topological polar surface area (TPSA) is 57.0 Å². The lowest BCUT2D eigenvalue weighted by Crippen LogP contribution is -2.55. The highest BCUT2D eigenvalue weighted by Gasteiger charge is 2.59. The molecule has 1 spiro atoms. The van der Waals surface area contributed by atoms with Gasteiger partial charge < -0.3 is 10.2 Å². The van der Waals surface area contributed by atoms with Gasteiger partial charge in [0.15, 0.2) is 10.8 Å². The van der Waals surface area contributed by atoms with Crippen LogP contribution in [0.4, 0.5) is 21.5 Å². The average molecular weight is 534 g/mol. The predicted molar refractivity (Wildman–Crippen MR) is 124 cm³/mol. The minimum Gasteiger partial charge on any atom is -0.355 e. The van der Waals surface area contributed by atoms with Gasteiger partial charge in [-0.1, -0.05) is 6.07 Å². The lowest BCUT2D eigenvalue weighted by Gasteiger charge is -2.43. The molecule has 0 unspecified atom stereocenters. The van der Waals surface area contributed by atoms with Crippen LogP contribution in [0, 0.1) is 16.0 Å². The molecule has 2 fully saturated rings. The Balaban J connectivity index is 1.79. The molecule has 6 nitrogen and oxygen atoms in total. The molecular weight excluding hydrogens is 518 g/mol. The fourth-order valence-electron chi connectivity index (χ4n) is 3.90. The van der Waals surface area contributed by atoms with Gasteiger partial charge in [0, 0.05) is 16.3 Å². The van der Waals surface area contributed by atoms with E-state index >= 15 is 0 Å². The van der Waals surface area contributed by atoms with E-state index in [9.17, 15) is 14.0 Å². The number of nitrogens with zero attached hydrogens (tertiary/aromatic N) is 3. The van der Waals surface area contributed by atoms with Crippen molar-refractivity contribution in [2.45, 2.75) is 24.8 Å². The van der Waals surface area contributed by atoms with Crippen LogP contribution >= 0.6 is 34.8 Å². The number of amides is 2. The Morgan fingerprint density at radius 3 is 2.57 bits per heavy atom. The average Bonchev–Trinajstić information content (AvgIpc) is 2.94. The second-order valence-electron chi connectivity index (χ2n) is 7.13. The molecule has 2 amide bonds. The Labute approximate surface area is 192 Å². The van der Waals surface area contributed by atoms with E-state index in [-0.39, 0.29) is 16.6 Å². The first-order valence-corrected chi connectivity index (χ1v) is 10.7. The first-order chi connectivity index (χ1) is 14.3. The third-order valence-electron chi connectivity index (χ3n) is 5.58. The molecule has 1 saturated carbocycles. The molecule has 9 heteroatoms. The zero-order valence-electron chi connectivity index (χ0n) is 15.9. The summed E-state index contributed by atoms with van der Waals surface area (Å²) in [4.78, 5) is 31.9. The first kappa shape index (κ1) is 20.7. The molecule has 1 aliphatic carbocycles. The molecule has 2 aromatic carbocycles. The van der Waals surface area contributed by atoms with Gasteiger partial charge in [-0.15, -0.1) is 0 Å². The second kappa shape index (κ2) is 7.59. The Morgan fingerprint density at radius 1 is 1.30 bits per heavy atom. The maximum atomic E-state index is 14.6. The molecule has 0 atom stereocenters. The molecule has 0 bridgehead atoms. The van der Waals surface area contributed by atoms with Gasteiger partial charge in [-0.2, -0.15) is 0 Å². The highest BCUT2D eigenvalue weighted by molar-refractivity contribution is 14.1. The quantitative estimate of drug-likeness (QED) is 0.361. The minimum atomic E-state index is -0.848. The predicted octanol–water partition coefficient (Wildman–Crippen LogP) is 4.40. The van der Waals surface area contributed by atoms with Crippen molar-refractivity contribution in [3.8, 4) is 0 Å². The van der Waals surface area contributed by atoms with E-state index in [4.69, 9.17) is 18.8 Å². The normalized spacial score (nSPS) is 17.1. The van der Waals surface area contributed by atoms with Gasteiger partial charge in [0.1, 0.15) is 11.4 Å². The highest BCUT2D eigenvalue weighted by atomic mass is 127. The van der Waals surface area contributed by atoms with E-state index < -0.39 is 17.3 Å². The zero-order chi connectivity index (χ0) is 21.6. The molecule has 2 aliphatic rings. The molecule has 1 heterocycles. The monoisotopic (exact) mass is 534 g/mol. The molecule has 1 aliphatic heterocycles. The maximum Gasteiger partial charge on any atom is 0.259 e. The van der Waals surface area contributed by atoms with Crippen LogP contribution in [0.2, 0.25) is 0 Å². The van der Waals surface area contributed by atoms with Crippen molar-refractivity contribution in [2.24, 2.45) is 0 Å². The largest absolute Gasteiger partial charge is 0.355 e. The van der Waals surface area contributed by atoms with Crippen molar-refractivity contribution in [1.29, 1.82) is 0 Å². The molecule has 1 saturated heterocycles. The highest BCUT2D eigenvalue weighted by Crippen LogP contribution is 2.48. The number of carbonyl (C=O) groups excluding carboxylic acids is 2. The van der Waals surface area contributed by atoms with Crippen LogP contribution in [-0.4, -0.2) is 29.5 Å². The van der Waals surface area contributed by atoms with Crippen LogP contribution in [0.1, 0.15) is 29.6 Å². The zero-order valence-corrected chi connectivity index (χ0v) is 18.9. The third-order valence-corrected chi connectivity index (χ3v) is 6.81. The van der Waals surface area contributed by atoms with E-state index in [2.05, 4.69) is 32.8 Å². The molecule has 2 aromatic rings. The smallest absolute Gasteiger partial charge is 0.259 e. The number of halogens is 2. The van der Waals surface area contributed by atoms with E-state index in [1.807, 2.05) is 0 Å².